The van der Waals surface area contributed by atoms with E-state index in [4.69, 9.17) is 5.73 Å². The number of nitrogens with zero attached hydrogens (tertiary/aromatic N) is 1. The van der Waals surface area contributed by atoms with Gasteiger partial charge in [-0.1, -0.05) is 24.6 Å². The van der Waals surface area contributed by atoms with Crippen molar-refractivity contribution in [3.8, 4) is 0 Å². The molecule has 0 bridgehead atoms. The third-order valence-electron chi connectivity index (χ3n) is 4.72. The minimum Gasteiger partial charge on any atom is -0.351 e. The summed E-state index contributed by atoms with van der Waals surface area (Å²) < 4.78 is 27.1. The van der Waals surface area contributed by atoms with Gasteiger partial charge in [0, 0.05) is 30.9 Å². The highest BCUT2D eigenvalue weighted by Gasteiger charge is 2.26. The summed E-state index contributed by atoms with van der Waals surface area (Å²) in [6.07, 6.45) is 2.74. The number of primary amides is 1. The molecule has 2 aromatic carbocycles. The standard InChI is InChI=1S/C20H24N4O4S/c21-20(26)23-17-9-7-15(8-10-17)14-22-19(25)16-5-4-6-18(13-16)29(27,28)24-11-2-1-3-12-24/h4-10,13H,1-3,11-12,14H2,(H,22,25)(H3,21,23,26). The Hall–Kier alpha value is -2.91. The van der Waals surface area contributed by atoms with Crippen LogP contribution in [0.15, 0.2) is 53.4 Å². The first kappa shape index (κ1) is 20.8. The minimum absolute atomic E-state index is 0.133. The van der Waals surface area contributed by atoms with Crippen molar-refractivity contribution in [2.75, 3.05) is 18.4 Å². The Kier molecular flexibility index (Phi) is 6.50. The topological polar surface area (TPSA) is 122 Å². The van der Waals surface area contributed by atoms with Crippen molar-refractivity contribution < 1.29 is 18.0 Å². The number of amides is 3. The van der Waals surface area contributed by atoms with Crippen molar-refractivity contribution in [3.63, 3.8) is 0 Å². The van der Waals surface area contributed by atoms with Crippen molar-refractivity contribution in [3.05, 3.63) is 59.7 Å². The number of piperidine rings is 1. The smallest absolute Gasteiger partial charge is 0.316 e. The number of hydrogen-bond acceptors (Lipinski definition) is 4. The summed E-state index contributed by atoms with van der Waals surface area (Å²) in [5.41, 5.74) is 6.73. The second-order valence-corrected chi connectivity index (χ2v) is 8.80. The number of urea groups is 1. The predicted octanol–water partition coefficient (Wildman–Crippen LogP) is 2.28. The first-order valence-corrected chi connectivity index (χ1v) is 10.8. The Morgan fingerprint density at radius 1 is 1.00 bits per heavy atom. The van der Waals surface area contributed by atoms with Gasteiger partial charge in [0.25, 0.3) is 5.91 Å². The monoisotopic (exact) mass is 416 g/mol. The Morgan fingerprint density at radius 3 is 2.34 bits per heavy atom. The molecule has 0 atom stereocenters. The number of rotatable bonds is 6. The van der Waals surface area contributed by atoms with Crippen LogP contribution < -0.4 is 16.4 Å². The average molecular weight is 417 g/mol. The maximum atomic E-state index is 12.8. The molecular formula is C20H24N4O4S. The number of benzene rings is 2. The summed E-state index contributed by atoms with van der Waals surface area (Å²) >= 11 is 0. The molecule has 0 aliphatic carbocycles. The highest BCUT2D eigenvalue weighted by Crippen LogP contribution is 2.21. The Balaban J connectivity index is 1.65. The van der Waals surface area contributed by atoms with Crippen LogP contribution in [0.2, 0.25) is 0 Å². The Morgan fingerprint density at radius 2 is 1.69 bits per heavy atom. The van der Waals surface area contributed by atoms with E-state index in [1.54, 1.807) is 36.4 Å². The van der Waals surface area contributed by atoms with Gasteiger partial charge in [-0.15, -0.1) is 0 Å². The fourth-order valence-corrected chi connectivity index (χ4v) is 4.75. The van der Waals surface area contributed by atoms with Gasteiger partial charge in [0.1, 0.15) is 0 Å². The first-order valence-electron chi connectivity index (χ1n) is 9.40. The van der Waals surface area contributed by atoms with E-state index in [0.29, 0.717) is 18.8 Å². The summed E-state index contributed by atoms with van der Waals surface area (Å²) in [5.74, 6) is -0.361. The van der Waals surface area contributed by atoms with Crippen LogP contribution in [0.1, 0.15) is 35.2 Å². The van der Waals surface area contributed by atoms with Crippen LogP contribution in [0.4, 0.5) is 10.5 Å². The number of nitrogens with two attached hydrogens (primary N) is 1. The van der Waals surface area contributed by atoms with Gasteiger partial charge in [0.2, 0.25) is 10.0 Å². The van der Waals surface area contributed by atoms with Gasteiger partial charge in [-0.05, 0) is 48.7 Å². The largest absolute Gasteiger partial charge is 0.351 e. The van der Waals surface area contributed by atoms with E-state index in [-0.39, 0.29) is 22.9 Å². The summed E-state index contributed by atoms with van der Waals surface area (Å²) in [7, 11) is -3.59. The number of carbonyl (C=O) groups excluding carboxylic acids is 2. The predicted molar refractivity (Wildman–Crippen MR) is 110 cm³/mol. The third kappa shape index (κ3) is 5.33. The molecule has 4 N–H and O–H groups in total. The number of carbonyl (C=O) groups is 2. The molecule has 8 nitrogen and oxygen atoms in total. The molecule has 2 aromatic rings. The zero-order chi connectivity index (χ0) is 20.9. The summed E-state index contributed by atoms with van der Waals surface area (Å²) in [4.78, 5) is 23.5. The SMILES string of the molecule is NC(=O)Nc1ccc(CNC(=O)c2cccc(S(=O)(=O)N3CCCCC3)c2)cc1. The van der Waals surface area contributed by atoms with Crippen LogP contribution in [0.3, 0.4) is 0 Å². The molecule has 29 heavy (non-hydrogen) atoms. The zero-order valence-electron chi connectivity index (χ0n) is 15.9. The lowest BCUT2D eigenvalue weighted by atomic mass is 10.2. The lowest BCUT2D eigenvalue weighted by Gasteiger charge is -2.26. The van der Waals surface area contributed by atoms with E-state index >= 15 is 0 Å². The van der Waals surface area contributed by atoms with E-state index in [9.17, 15) is 18.0 Å². The molecule has 9 heteroatoms. The van der Waals surface area contributed by atoms with E-state index in [0.717, 1.165) is 24.8 Å². The first-order chi connectivity index (χ1) is 13.9. The van der Waals surface area contributed by atoms with E-state index in [2.05, 4.69) is 10.6 Å². The van der Waals surface area contributed by atoms with Gasteiger partial charge >= 0.3 is 6.03 Å². The lowest BCUT2D eigenvalue weighted by molar-refractivity contribution is 0.0950. The summed E-state index contributed by atoms with van der Waals surface area (Å²) in [5, 5.41) is 5.23. The van der Waals surface area contributed by atoms with Crippen LogP contribution in [0, 0.1) is 0 Å². The van der Waals surface area contributed by atoms with Crippen LogP contribution >= 0.6 is 0 Å². The van der Waals surface area contributed by atoms with Crippen molar-refractivity contribution in [2.45, 2.75) is 30.7 Å². The Bertz CT molecular complexity index is 984. The van der Waals surface area contributed by atoms with Gasteiger partial charge in [0.05, 0.1) is 4.90 Å². The van der Waals surface area contributed by atoms with Crippen molar-refractivity contribution in [1.82, 2.24) is 9.62 Å². The molecule has 0 spiro atoms. The van der Waals surface area contributed by atoms with Gasteiger partial charge in [-0.3, -0.25) is 4.79 Å². The van der Waals surface area contributed by atoms with Gasteiger partial charge in [0.15, 0.2) is 0 Å². The van der Waals surface area contributed by atoms with Crippen LogP contribution in [0.25, 0.3) is 0 Å². The molecule has 0 saturated carbocycles. The molecule has 0 unspecified atom stereocenters. The van der Waals surface area contributed by atoms with Crippen molar-refractivity contribution in [2.24, 2.45) is 5.73 Å². The second kappa shape index (κ2) is 9.06. The van der Waals surface area contributed by atoms with Crippen LogP contribution in [-0.2, 0) is 16.6 Å². The fourth-order valence-electron chi connectivity index (χ4n) is 3.18. The molecule has 154 valence electrons. The molecule has 3 rings (SSSR count). The molecule has 1 aliphatic heterocycles. The second-order valence-electron chi connectivity index (χ2n) is 6.86. The van der Waals surface area contributed by atoms with Crippen molar-refractivity contribution in [1.29, 1.82) is 0 Å². The number of anilines is 1. The minimum atomic E-state index is -3.59. The maximum absolute atomic E-state index is 12.8. The molecular weight excluding hydrogens is 392 g/mol. The van der Waals surface area contributed by atoms with Crippen LogP contribution in [0.5, 0.6) is 0 Å². The number of sulfonamides is 1. The highest BCUT2D eigenvalue weighted by atomic mass is 32.2. The van der Waals surface area contributed by atoms with Crippen molar-refractivity contribution >= 4 is 27.6 Å². The van der Waals surface area contributed by atoms with E-state index in [1.165, 1.54) is 16.4 Å². The third-order valence-corrected chi connectivity index (χ3v) is 6.62. The molecule has 1 fully saturated rings. The lowest BCUT2D eigenvalue weighted by Crippen LogP contribution is -2.35. The van der Waals surface area contributed by atoms with Gasteiger partial charge in [-0.2, -0.15) is 4.31 Å². The van der Waals surface area contributed by atoms with Crippen LogP contribution in [-0.4, -0.2) is 37.8 Å². The molecule has 3 amide bonds. The molecule has 0 radical (unpaired) electrons. The highest BCUT2D eigenvalue weighted by molar-refractivity contribution is 7.89. The molecule has 1 saturated heterocycles. The maximum Gasteiger partial charge on any atom is 0.316 e. The van der Waals surface area contributed by atoms with Gasteiger partial charge < -0.3 is 16.4 Å². The fraction of sp³-hybridized carbons (Fsp3) is 0.300. The van der Waals surface area contributed by atoms with Gasteiger partial charge in [-0.25, -0.2) is 13.2 Å². The normalized spacial score (nSPS) is 14.9. The number of nitrogens with one attached hydrogen (secondary N) is 2. The Labute approximate surface area is 170 Å². The van der Waals surface area contributed by atoms with E-state index in [1.807, 2.05) is 0 Å². The number of hydrogen-bond donors (Lipinski definition) is 3. The zero-order valence-corrected chi connectivity index (χ0v) is 16.7. The molecule has 1 heterocycles. The average Bonchev–Trinajstić information content (AvgIpc) is 2.73. The molecule has 0 aromatic heterocycles. The van der Waals surface area contributed by atoms with E-state index < -0.39 is 16.1 Å². The summed E-state index contributed by atoms with van der Waals surface area (Å²) in [6, 6.07) is 12.3. The quantitative estimate of drug-likeness (QED) is 0.669. The summed E-state index contributed by atoms with van der Waals surface area (Å²) in [6.45, 7) is 1.29. The molecule has 1 aliphatic rings.